The molecule has 0 saturated heterocycles. The lowest BCUT2D eigenvalue weighted by molar-refractivity contribution is -0.0274. The van der Waals surface area contributed by atoms with Gasteiger partial charge in [-0.05, 0) is 57.8 Å². The van der Waals surface area contributed by atoms with Gasteiger partial charge in [-0.2, -0.15) is 0 Å². The van der Waals surface area contributed by atoms with E-state index in [9.17, 15) is 0 Å². The van der Waals surface area contributed by atoms with E-state index in [0.717, 1.165) is 12.5 Å². The van der Waals surface area contributed by atoms with Gasteiger partial charge in [0, 0.05) is 12.6 Å². The fourth-order valence-electron chi connectivity index (χ4n) is 3.30. The second-order valence-corrected chi connectivity index (χ2v) is 5.99. The van der Waals surface area contributed by atoms with Crippen LogP contribution in [-0.2, 0) is 4.74 Å². The molecule has 2 aliphatic carbocycles. The standard InChI is InChI=1S/C16H29NO/c1-2-18-15-10-13(11-15)12-16(17)14-8-6-4-3-5-7-9-14/h8,13,15-16H,2-7,9-12,17H2,1H3. The molecule has 0 spiro atoms. The summed E-state index contributed by atoms with van der Waals surface area (Å²) >= 11 is 0. The van der Waals surface area contributed by atoms with E-state index < -0.39 is 0 Å². The van der Waals surface area contributed by atoms with Gasteiger partial charge < -0.3 is 10.5 Å². The first-order valence-electron chi connectivity index (χ1n) is 7.85. The lowest BCUT2D eigenvalue weighted by atomic mass is 9.76. The van der Waals surface area contributed by atoms with Gasteiger partial charge in [0.15, 0.2) is 0 Å². The van der Waals surface area contributed by atoms with E-state index >= 15 is 0 Å². The van der Waals surface area contributed by atoms with Crippen molar-refractivity contribution >= 4 is 0 Å². The largest absolute Gasteiger partial charge is 0.378 e. The van der Waals surface area contributed by atoms with Gasteiger partial charge in [0.05, 0.1) is 6.10 Å². The van der Waals surface area contributed by atoms with Crippen LogP contribution in [0.2, 0.25) is 0 Å². The molecule has 0 heterocycles. The Morgan fingerprint density at radius 1 is 1.28 bits per heavy atom. The predicted molar refractivity (Wildman–Crippen MR) is 76.5 cm³/mol. The normalized spacial score (nSPS) is 30.9. The second kappa shape index (κ2) is 7.30. The quantitative estimate of drug-likeness (QED) is 0.754. The van der Waals surface area contributed by atoms with Crippen molar-refractivity contribution in [1.29, 1.82) is 0 Å². The number of allylic oxidation sites excluding steroid dienone is 1. The lowest BCUT2D eigenvalue weighted by Crippen LogP contribution is -2.36. The summed E-state index contributed by atoms with van der Waals surface area (Å²) in [5.74, 6) is 0.808. The van der Waals surface area contributed by atoms with Crippen LogP contribution >= 0.6 is 0 Å². The number of ether oxygens (including phenoxy) is 1. The maximum Gasteiger partial charge on any atom is 0.0580 e. The molecule has 0 bridgehead atoms. The highest BCUT2D eigenvalue weighted by molar-refractivity contribution is 5.11. The monoisotopic (exact) mass is 251 g/mol. The zero-order valence-corrected chi connectivity index (χ0v) is 11.9. The first kappa shape index (κ1) is 14.1. The van der Waals surface area contributed by atoms with Gasteiger partial charge in [0.1, 0.15) is 0 Å². The molecule has 2 rings (SSSR count). The van der Waals surface area contributed by atoms with Crippen LogP contribution < -0.4 is 5.73 Å². The summed E-state index contributed by atoms with van der Waals surface area (Å²) in [6.07, 6.45) is 14.6. The fourth-order valence-corrected chi connectivity index (χ4v) is 3.30. The summed E-state index contributed by atoms with van der Waals surface area (Å²) in [7, 11) is 0. The second-order valence-electron chi connectivity index (χ2n) is 5.99. The Morgan fingerprint density at radius 3 is 2.83 bits per heavy atom. The Labute approximate surface area is 112 Å². The van der Waals surface area contributed by atoms with Gasteiger partial charge in [-0.25, -0.2) is 0 Å². The predicted octanol–water partition coefficient (Wildman–Crippen LogP) is 3.80. The van der Waals surface area contributed by atoms with Gasteiger partial charge in [-0.3, -0.25) is 0 Å². The van der Waals surface area contributed by atoms with Crippen molar-refractivity contribution in [3.05, 3.63) is 11.6 Å². The summed E-state index contributed by atoms with van der Waals surface area (Å²) in [5.41, 5.74) is 7.93. The molecule has 2 nitrogen and oxygen atoms in total. The third kappa shape index (κ3) is 4.10. The van der Waals surface area contributed by atoms with Crippen molar-refractivity contribution in [3.8, 4) is 0 Å². The number of hydrogen-bond donors (Lipinski definition) is 1. The van der Waals surface area contributed by atoms with Crippen molar-refractivity contribution in [1.82, 2.24) is 0 Å². The van der Waals surface area contributed by atoms with E-state index in [-0.39, 0.29) is 0 Å². The van der Waals surface area contributed by atoms with E-state index in [2.05, 4.69) is 13.0 Å². The van der Waals surface area contributed by atoms with Crippen LogP contribution in [0, 0.1) is 5.92 Å². The Bertz CT molecular complexity index is 268. The van der Waals surface area contributed by atoms with Crippen LogP contribution in [0.1, 0.15) is 64.7 Å². The third-order valence-electron chi connectivity index (χ3n) is 4.48. The molecule has 1 saturated carbocycles. The summed E-state index contributed by atoms with van der Waals surface area (Å²) in [6.45, 7) is 2.94. The highest BCUT2D eigenvalue weighted by Crippen LogP contribution is 2.35. The van der Waals surface area contributed by atoms with E-state index in [1.165, 1.54) is 63.4 Å². The van der Waals surface area contributed by atoms with Crippen molar-refractivity contribution in [3.63, 3.8) is 0 Å². The molecule has 2 N–H and O–H groups in total. The average Bonchev–Trinajstić information content (AvgIpc) is 2.25. The SMILES string of the molecule is CCOC1CC(CC(N)C2=CCCCCCC2)C1. The first-order valence-corrected chi connectivity index (χ1v) is 7.85. The van der Waals surface area contributed by atoms with Gasteiger partial charge in [0.2, 0.25) is 0 Å². The zero-order valence-electron chi connectivity index (χ0n) is 11.9. The summed E-state index contributed by atoms with van der Waals surface area (Å²) in [5, 5.41) is 0. The molecule has 1 unspecified atom stereocenters. The maximum absolute atomic E-state index is 6.39. The number of rotatable bonds is 5. The Balaban J connectivity index is 1.72. The first-order chi connectivity index (χ1) is 8.79. The van der Waals surface area contributed by atoms with Crippen LogP contribution in [0.25, 0.3) is 0 Å². The van der Waals surface area contributed by atoms with E-state index in [1.807, 2.05) is 0 Å². The molecule has 0 aromatic heterocycles. The molecule has 2 heteroatoms. The van der Waals surface area contributed by atoms with Crippen LogP contribution in [0.3, 0.4) is 0 Å². The summed E-state index contributed by atoms with van der Waals surface area (Å²) in [4.78, 5) is 0. The van der Waals surface area contributed by atoms with Gasteiger partial charge in [0.25, 0.3) is 0 Å². The highest BCUT2D eigenvalue weighted by Gasteiger charge is 2.31. The van der Waals surface area contributed by atoms with Crippen LogP contribution in [0.5, 0.6) is 0 Å². The van der Waals surface area contributed by atoms with Gasteiger partial charge in [-0.1, -0.05) is 24.5 Å². The molecule has 0 amide bonds. The molecule has 18 heavy (non-hydrogen) atoms. The molecule has 2 aliphatic rings. The summed E-state index contributed by atoms with van der Waals surface area (Å²) < 4.78 is 5.62. The molecular weight excluding hydrogens is 222 g/mol. The number of hydrogen-bond acceptors (Lipinski definition) is 2. The minimum absolute atomic E-state index is 0.315. The van der Waals surface area contributed by atoms with Crippen molar-refractivity contribution < 1.29 is 4.74 Å². The molecule has 104 valence electrons. The lowest BCUT2D eigenvalue weighted by Gasteiger charge is -2.36. The van der Waals surface area contributed by atoms with Crippen LogP contribution in [0.15, 0.2) is 11.6 Å². The molecule has 0 aromatic rings. The van der Waals surface area contributed by atoms with Crippen LogP contribution in [0.4, 0.5) is 0 Å². The van der Waals surface area contributed by atoms with E-state index in [0.29, 0.717) is 12.1 Å². The van der Waals surface area contributed by atoms with Crippen molar-refractivity contribution in [2.75, 3.05) is 6.61 Å². The molecular formula is C16H29NO. The molecule has 0 aliphatic heterocycles. The molecule has 1 fully saturated rings. The Kier molecular flexibility index (Phi) is 5.71. The van der Waals surface area contributed by atoms with Crippen molar-refractivity contribution in [2.45, 2.75) is 76.9 Å². The van der Waals surface area contributed by atoms with Gasteiger partial charge >= 0.3 is 0 Å². The molecule has 1 atom stereocenters. The molecule has 0 aromatic carbocycles. The minimum Gasteiger partial charge on any atom is -0.378 e. The average molecular weight is 251 g/mol. The maximum atomic E-state index is 6.39. The zero-order chi connectivity index (χ0) is 12.8. The fraction of sp³-hybridized carbons (Fsp3) is 0.875. The smallest absolute Gasteiger partial charge is 0.0580 e. The van der Waals surface area contributed by atoms with Gasteiger partial charge in [-0.15, -0.1) is 0 Å². The minimum atomic E-state index is 0.315. The highest BCUT2D eigenvalue weighted by atomic mass is 16.5. The van der Waals surface area contributed by atoms with Crippen molar-refractivity contribution in [2.24, 2.45) is 11.7 Å². The topological polar surface area (TPSA) is 35.2 Å². The molecule has 0 radical (unpaired) electrons. The number of nitrogens with two attached hydrogens (primary N) is 1. The van der Waals surface area contributed by atoms with E-state index in [4.69, 9.17) is 10.5 Å². The Morgan fingerprint density at radius 2 is 2.06 bits per heavy atom. The van der Waals surface area contributed by atoms with E-state index in [1.54, 1.807) is 0 Å². The Hall–Kier alpha value is -0.340. The summed E-state index contributed by atoms with van der Waals surface area (Å²) in [6, 6.07) is 0.315. The third-order valence-corrected chi connectivity index (χ3v) is 4.48. The van der Waals surface area contributed by atoms with Crippen LogP contribution in [-0.4, -0.2) is 18.8 Å².